The average molecular weight is 174 g/mol. The number of hydrogen-bond acceptors (Lipinski definition) is 4. The summed E-state index contributed by atoms with van der Waals surface area (Å²) in [6, 6.07) is 0.174. The van der Waals surface area contributed by atoms with Crippen LogP contribution in [0.4, 0.5) is 0 Å². The highest BCUT2D eigenvalue weighted by molar-refractivity contribution is 4.79. The lowest BCUT2D eigenvalue weighted by Gasteiger charge is -2.21. The van der Waals surface area contributed by atoms with Gasteiger partial charge in [0.25, 0.3) is 0 Å². The monoisotopic (exact) mass is 174 g/mol. The zero-order chi connectivity index (χ0) is 9.56. The maximum Gasteiger partial charge on any atom is 0.0207 e. The van der Waals surface area contributed by atoms with E-state index in [1.807, 2.05) is 6.92 Å². The first kappa shape index (κ1) is 11.8. The molecule has 4 heteroatoms. The van der Waals surface area contributed by atoms with Crippen LogP contribution in [0.1, 0.15) is 26.2 Å². The van der Waals surface area contributed by atoms with Gasteiger partial charge in [-0.15, -0.1) is 0 Å². The number of hydrogen-bond donors (Lipinski definition) is 4. The molecule has 0 aromatic carbocycles. The van der Waals surface area contributed by atoms with Crippen molar-refractivity contribution < 1.29 is 0 Å². The molecule has 0 heterocycles. The van der Waals surface area contributed by atoms with Crippen molar-refractivity contribution in [2.24, 2.45) is 22.9 Å². The van der Waals surface area contributed by atoms with Gasteiger partial charge in [-0.25, -0.2) is 0 Å². The van der Waals surface area contributed by atoms with Gasteiger partial charge in [0.05, 0.1) is 0 Å². The molecule has 0 radical (unpaired) electrons. The van der Waals surface area contributed by atoms with E-state index in [4.69, 9.17) is 22.9 Å². The van der Waals surface area contributed by atoms with Crippen LogP contribution < -0.4 is 22.9 Å². The Hall–Kier alpha value is -0.160. The zero-order valence-corrected chi connectivity index (χ0v) is 7.87. The highest BCUT2D eigenvalue weighted by atomic mass is 14.8. The van der Waals surface area contributed by atoms with Crippen LogP contribution in [0.2, 0.25) is 0 Å². The molecule has 0 fully saturated rings. The van der Waals surface area contributed by atoms with Gasteiger partial charge < -0.3 is 22.9 Å². The number of rotatable bonds is 6. The fourth-order valence-electron chi connectivity index (χ4n) is 1.16. The van der Waals surface area contributed by atoms with Crippen molar-refractivity contribution in [2.45, 2.75) is 44.3 Å². The lowest BCUT2D eigenvalue weighted by Crippen LogP contribution is -2.44. The Kier molecular flexibility index (Phi) is 6.28. The predicted octanol–water partition coefficient (Wildman–Crippen LogP) is -0.883. The molecule has 0 amide bonds. The van der Waals surface area contributed by atoms with Crippen LogP contribution >= 0.6 is 0 Å². The van der Waals surface area contributed by atoms with Gasteiger partial charge in [-0.3, -0.25) is 0 Å². The van der Waals surface area contributed by atoms with E-state index in [-0.39, 0.29) is 18.1 Å². The van der Waals surface area contributed by atoms with E-state index >= 15 is 0 Å². The van der Waals surface area contributed by atoms with Crippen LogP contribution in [0.3, 0.4) is 0 Å². The van der Waals surface area contributed by atoms with E-state index in [0.29, 0.717) is 6.54 Å². The van der Waals surface area contributed by atoms with Gasteiger partial charge in [0.2, 0.25) is 0 Å². The molecule has 0 rings (SSSR count). The van der Waals surface area contributed by atoms with E-state index in [9.17, 15) is 0 Å². The normalized spacial score (nSPS) is 18.8. The number of nitrogens with two attached hydrogens (primary N) is 4. The smallest absolute Gasteiger partial charge is 0.0207 e. The molecule has 74 valence electrons. The van der Waals surface area contributed by atoms with Crippen molar-refractivity contribution in [3.63, 3.8) is 0 Å². The van der Waals surface area contributed by atoms with E-state index in [2.05, 4.69) is 0 Å². The molecule has 4 nitrogen and oxygen atoms in total. The molecule has 0 aliphatic heterocycles. The Bertz CT molecular complexity index is 107. The van der Waals surface area contributed by atoms with Crippen LogP contribution in [-0.2, 0) is 0 Å². The summed E-state index contributed by atoms with van der Waals surface area (Å²) in [4.78, 5) is 0. The standard InChI is InChI=1S/C8H22N4/c1-2-7(11)8(12)5-6(10)3-4-9/h6-8H,2-5,9-12H2,1H3. The van der Waals surface area contributed by atoms with Gasteiger partial charge in [0, 0.05) is 18.1 Å². The largest absolute Gasteiger partial charge is 0.330 e. The van der Waals surface area contributed by atoms with Gasteiger partial charge in [0.1, 0.15) is 0 Å². The topological polar surface area (TPSA) is 104 Å². The molecule has 3 atom stereocenters. The Balaban J connectivity index is 3.59. The van der Waals surface area contributed by atoms with Crippen molar-refractivity contribution in [3.05, 3.63) is 0 Å². The second-order valence-electron chi connectivity index (χ2n) is 3.31. The third-order valence-corrected chi connectivity index (χ3v) is 2.13. The van der Waals surface area contributed by atoms with Crippen molar-refractivity contribution in [1.29, 1.82) is 0 Å². The predicted molar refractivity (Wildman–Crippen MR) is 52.5 cm³/mol. The summed E-state index contributed by atoms with van der Waals surface area (Å²) >= 11 is 0. The minimum absolute atomic E-state index is 0.0107. The summed E-state index contributed by atoms with van der Waals surface area (Å²) in [7, 11) is 0. The summed E-state index contributed by atoms with van der Waals surface area (Å²) in [5.41, 5.74) is 22.7. The van der Waals surface area contributed by atoms with Crippen molar-refractivity contribution >= 4 is 0 Å². The lowest BCUT2D eigenvalue weighted by molar-refractivity contribution is 0.432. The minimum atomic E-state index is 0.0107. The molecule has 3 unspecified atom stereocenters. The van der Waals surface area contributed by atoms with Crippen LogP contribution in [0.25, 0.3) is 0 Å². The van der Waals surface area contributed by atoms with Gasteiger partial charge in [0.15, 0.2) is 0 Å². The molecule has 0 spiro atoms. The van der Waals surface area contributed by atoms with E-state index in [1.165, 1.54) is 0 Å². The fourth-order valence-corrected chi connectivity index (χ4v) is 1.16. The minimum Gasteiger partial charge on any atom is -0.330 e. The Labute approximate surface area is 74.7 Å². The van der Waals surface area contributed by atoms with Gasteiger partial charge in [-0.05, 0) is 25.8 Å². The quantitative estimate of drug-likeness (QED) is 0.419. The summed E-state index contributed by atoms with van der Waals surface area (Å²) in [5.74, 6) is 0. The van der Waals surface area contributed by atoms with E-state index in [1.54, 1.807) is 0 Å². The molecule has 12 heavy (non-hydrogen) atoms. The van der Waals surface area contributed by atoms with Gasteiger partial charge >= 0.3 is 0 Å². The molecule has 0 aliphatic carbocycles. The van der Waals surface area contributed by atoms with Crippen LogP contribution in [0.15, 0.2) is 0 Å². The first-order valence-electron chi connectivity index (χ1n) is 4.58. The first-order chi connectivity index (χ1) is 5.61. The van der Waals surface area contributed by atoms with Crippen LogP contribution in [0.5, 0.6) is 0 Å². The fraction of sp³-hybridized carbons (Fsp3) is 1.00. The molecule has 0 saturated carbocycles. The maximum absolute atomic E-state index is 5.81. The summed E-state index contributed by atoms with van der Waals surface area (Å²) in [6.45, 7) is 2.65. The molecule has 0 aromatic rings. The first-order valence-corrected chi connectivity index (χ1v) is 4.58. The van der Waals surface area contributed by atoms with Crippen molar-refractivity contribution in [3.8, 4) is 0 Å². The Morgan fingerprint density at radius 1 is 1.08 bits per heavy atom. The SMILES string of the molecule is CCC(N)C(N)CC(N)CCN. The Morgan fingerprint density at radius 3 is 2.08 bits per heavy atom. The highest BCUT2D eigenvalue weighted by Gasteiger charge is 2.14. The molecular formula is C8H22N4. The van der Waals surface area contributed by atoms with Gasteiger partial charge in [-0.2, -0.15) is 0 Å². The third kappa shape index (κ3) is 4.66. The van der Waals surface area contributed by atoms with Crippen molar-refractivity contribution in [1.82, 2.24) is 0 Å². The molecule has 0 aromatic heterocycles. The molecule has 8 N–H and O–H groups in total. The second kappa shape index (κ2) is 6.37. The zero-order valence-electron chi connectivity index (χ0n) is 7.87. The van der Waals surface area contributed by atoms with E-state index in [0.717, 1.165) is 19.3 Å². The van der Waals surface area contributed by atoms with Crippen LogP contribution in [-0.4, -0.2) is 24.7 Å². The molecule has 0 saturated heterocycles. The third-order valence-electron chi connectivity index (χ3n) is 2.13. The van der Waals surface area contributed by atoms with E-state index < -0.39 is 0 Å². The molecular weight excluding hydrogens is 152 g/mol. The lowest BCUT2D eigenvalue weighted by atomic mass is 9.98. The van der Waals surface area contributed by atoms with Crippen molar-refractivity contribution in [2.75, 3.05) is 6.54 Å². The summed E-state index contributed by atoms with van der Waals surface area (Å²) in [5, 5.41) is 0. The van der Waals surface area contributed by atoms with Gasteiger partial charge in [-0.1, -0.05) is 6.92 Å². The Morgan fingerprint density at radius 2 is 1.67 bits per heavy atom. The molecule has 0 bridgehead atoms. The second-order valence-corrected chi connectivity index (χ2v) is 3.31. The summed E-state index contributed by atoms with van der Waals surface area (Å²) < 4.78 is 0. The maximum atomic E-state index is 5.81. The summed E-state index contributed by atoms with van der Waals surface area (Å²) in [6.07, 6.45) is 2.49. The average Bonchev–Trinajstić information content (AvgIpc) is 2.03. The molecule has 0 aliphatic rings. The highest BCUT2D eigenvalue weighted by Crippen LogP contribution is 2.02. The van der Waals surface area contributed by atoms with Crippen LogP contribution in [0, 0.1) is 0 Å².